The van der Waals surface area contributed by atoms with Gasteiger partial charge in [-0.1, -0.05) is 37.3 Å². The Morgan fingerprint density at radius 2 is 2.00 bits per heavy atom. The summed E-state index contributed by atoms with van der Waals surface area (Å²) in [5, 5.41) is 3.51. The molecular formula is C13H14ClN3. The fourth-order valence-corrected chi connectivity index (χ4v) is 1.74. The zero-order valence-corrected chi connectivity index (χ0v) is 10.4. The summed E-state index contributed by atoms with van der Waals surface area (Å²) in [5.74, 6) is 1.18. The predicted molar refractivity (Wildman–Crippen MR) is 70.4 cm³/mol. The van der Waals surface area contributed by atoms with Gasteiger partial charge in [-0.3, -0.25) is 0 Å². The van der Waals surface area contributed by atoms with Gasteiger partial charge in [0.05, 0.1) is 0 Å². The summed E-state index contributed by atoms with van der Waals surface area (Å²) in [4.78, 5) is 7.92. The molecule has 0 saturated carbocycles. The van der Waals surface area contributed by atoms with Gasteiger partial charge in [0.2, 0.25) is 5.28 Å². The van der Waals surface area contributed by atoms with Crippen LogP contribution in [0.1, 0.15) is 18.4 Å². The second-order valence-electron chi connectivity index (χ2n) is 3.90. The van der Waals surface area contributed by atoms with Gasteiger partial charge in [-0.15, -0.1) is 0 Å². The second kappa shape index (κ2) is 5.64. The molecule has 0 saturated heterocycles. The fraction of sp³-hybridized carbons (Fsp3) is 0.231. The average molecular weight is 248 g/mol. The quantitative estimate of drug-likeness (QED) is 0.842. The van der Waals surface area contributed by atoms with Crippen LogP contribution < -0.4 is 5.32 Å². The van der Waals surface area contributed by atoms with Crippen LogP contribution in [0.5, 0.6) is 0 Å². The van der Waals surface area contributed by atoms with Crippen molar-refractivity contribution in [3.63, 3.8) is 0 Å². The maximum atomic E-state index is 5.71. The van der Waals surface area contributed by atoms with Crippen LogP contribution in [-0.2, 0) is 0 Å². The minimum Gasteiger partial charge on any atom is -0.369 e. The first-order valence-corrected chi connectivity index (χ1v) is 5.91. The molecule has 1 atom stereocenters. The highest BCUT2D eigenvalue weighted by atomic mass is 35.5. The third-order valence-electron chi connectivity index (χ3n) is 2.58. The van der Waals surface area contributed by atoms with E-state index in [1.807, 2.05) is 24.3 Å². The molecule has 2 aromatic rings. The number of hydrogen-bond acceptors (Lipinski definition) is 3. The molecular weight excluding hydrogens is 234 g/mol. The van der Waals surface area contributed by atoms with E-state index in [0.717, 1.165) is 12.4 Å². The fourth-order valence-electron chi connectivity index (χ4n) is 1.59. The number of benzene rings is 1. The Morgan fingerprint density at radius 3 is 2.71 bits per heavy atom. The minimum absolute atomic E-state index is 0.266. The molecule has 0 aliphatic heterocycles. The van der Waals surface area contributed by atoms with Gasteiger partial charge in [0.25, 0.3) is 0 Å². The van der Waals surface area contributed by atoms with E-state index in [-0.39, 0.29) is 5.28 Å². The van der Waals surface area contributed by atoms with Crippen molar-refractivity contribution in [2.45, 2.75) is 12.8 Å². The van der Waals surface area contributed by atoms with Crippen LogP contribution in [0, 0.1) is 0 Å². The molecule has 2 rings (SSSR count). The molecule has 0 spiro atoms. The lowest BCUT2D eigenvalue weighted by Gasteiger charge is -2.13. The molecule has 0 fully saturated rings. The van der Waals surface area contributed by atoms with Gasteiger partial charge in [-0.25, -0.2) is 9.97 Å². The van der Waals surface area contributed by atoms with Crippen molar-refractivity contribution >= 4 is 17.4 Å². The number of nitrogens with zero attached hydrogens (tertiary/aromatic N) is 2. The van der Waals surface area contributed by atoms with Crippen molar-refractivity contribution in [1.29, 1.82) is 0 Å². The summed E-state index contributed by atoms with van der Waals surface area (Å²) in [6.45, 7) is 2.99. The van der Waals surface area contributed by atoms with Gasteiger partial charge in [0.1, 0.15) is 5.82 Å². The van der Waals surface area contributed by atoms with Gasteiger partial charge >= 0.3 is 0 Å². The highest BCUT2D eigenvalue weighted by Crippen LogP contribution is 2.15. The number of aromatic nitrogens is 2. The minimum atomic E-state index is 0.266. The molecule has 88 valence electrons. The Morgan fingerprint density at radius 1 is 1.24 bits per heavy atom. The maximum Gasteiger partial charge on any atom is 0.224 e. The molecule has 1 aromatic carbocycles. The molecule has 0 amide bonds. The Hall–Kier alpha value is -1.61. The van der Waals surface area contributed by atoms with E-state index in [1.54, 1.807) is 6.20 Å². The first-order valence-electron chi connectivity index (χ1n) is 5.53. The Bertz CT molecular complexity index is 473. The maximum absolute atomic E-state index is 5.71. The van der Waals surface area contributed by atoms with E-state index in [9.17, 15) is 0 Å². The zero-order chi connectivity index (χ0) is 12.1. The lowest BCUT2D eigenvalue weighted by atomic mass is 10.0. The number of anilines is 1. The van der Waals surface area contributed by atoms with Crippen LogP contribution in [-0.4, -0.2) is 16.5 Å². The number of nitrogens with one attached hydrogen (secondary N) is 1. The van der Waals surface area contributed by atoms with E-state index in [1.165, 1.54) is 5.56 Å². The summed E-state index contributed by atoms with van der Waals surface area (Å²) < 4.78 is 0. The molecule has 0 aliphatic rings. The van der Waals surface area contributed by atoms with Crippen LogP contribution in [0.4, 0.5) is 5.82 Å². The molecule has 0 unspecified atom stereocenters. The van der Waals surface area contributed by atoms with Gasteiger partial charge in [0.15, 0.2) is 0 Å². The van der Waals surface area contributed by atoms with Crippen molar-refractivity contribution in [1.82, 2.24) is 9.97 Å². The van der Waals surface area contributed by atoms with Crippen LogP contribution >= 0.6 is 11.6 Å². The zero-order valence-electron chi connectivity index (χ0n) is 9.60. The summed E-state index contributed by atoms with van der Waals surface area (Å²) in [7, 11) is 0. The van der Waals surface area contributed by atoms with Crippen molar-refractivity contribution in [3.8, 4) is 0 Å². The van der Waals surface area contributed by atoms with E-state index < -0.39 is 0 Å². The van der Waals surface area contributed by atoms with Crippen LogP contribution in [0.15, 0.2) is 42.6 Å². The molecule has 3 nitrogen and oxygen atoms in total. The SMILES string of the molecule is C[C@H](CNc1ccnc(Cl)n1)c1ccccc1. The largest absolute Gasteiger partial charge is 0.369 e. The monoisotopic (exact) mass is 247 g/mol. The van der Waals surface area contributed by atoms with Crippen molar-refractivity contribution in [3.05, 3.63) is 53.4 Å². The smallest absolute Gasteiger partial charge is 0.224 e. The van der Waals surface area contributed by atoms with Crippen LogP contribution in [0.25, 0.3) is 0 Å². The molecule has 0 aliphatic carbocycles. The van der Waals surface area contributed by atoms with Gasteiger partial charge < -0.3 is 5.32 Å². The van der Waals surface area contributed by atoms with E-state index in [4.69, 9.17) is 11.6 Å². The summed E-state index contributed by atoms with van der Waals surface area (Å²) in [6.07, 6.45) is 1.64. The highest BCUT2D eigenvalue weighted by Gasteiger charge is 2.04. The standard InChI is InChI=1S/C13H14ClN3/c1-10(11-5-3-2-4-6-11)9-16-12-7-8-15-13(14)17-12/h2-8,10H,9H2,1H3,(H,15,16,17)/t10-/m1/s1. The lowest BCUT2D eigenvalue weighted by Crippen LogP contribution is -2.10. The number of hydrogen-bond donors (Lipinski definition) is 1. The van der Waals surface area contributed by atoms with E-state index >= 15 is 0 Å². The van der Waals surface area contributed by atoms with Crippen molar-refractivity contribution in [2.24, 2.45) is 0 Å². The van der Waals surface area contributed by atoms with Crippen molar-refractivity contribution in [2.75, 3.05) is 11.9 Å². The second-order valence-corrected chi connectivity index (χ2v) is 4.24. The summed E-state index contributed by atoms with van der Waals surface area (Å²) >= 11 is 5.71. The summed E-state index contributed by atoms with van der Waals surface area (Å²) in [5.41, 5.74) is 1.31. The Labute approximate surface area is 106 Å². The lowest BCUT2D eigenvalue weighted by molar-refractivity contribution is 0.801. The first-order chi connectivity index (χ1) is 8.25. The number of rotatable bonds is 4. The molecule has 1 heterocycles. The van der Waals surface area contributed by atoms with E-state index in [0.29, 0.717) is 5.92 Å². The third kappa shape index (κ3) is 3.43. The van der Waals surface area contributed by atoms with Crippen molar-refractivity contribution < 1.29 is 0 Å². The van der Waals surface area contributed by atoms with Gasteiger partial charge in [-0.05, 0) is 29.1 Å². The molecule has 4 heteroatoms. The molecule has 17 heavy (non-hydrogen) atoms. The van der Waals surface area contributed by atoms with Crippen LogP contribution in [0.3, 0.4) is 0 Å². The van der Waals surface area contributed by atoms with E-state index in [2.05, 4.69) is 34.3 Å². The predicted octanol–water partition coefficient (Wildman–Crippen LogP) is 3.35. The molecule has 0 radical (unpaired) electrons. The number of halogens is 1. The van der Waals surface area contributed by atoms with Gasteiger partial charge in [-0.2, -0.15) is 0 Å². The normalized spacial score (nSPS) is 12.1. The molecule has 1 aromatic heterocycles. The molecule has 0 bridgehead atoms. The Balaban J connectivity index is 1.95. The Kier molecular flexibility index (Phi) is 3.94. The van der Waals surface area contributed by atoms with Gasteiger partial charge in [0, 0.05) is 12.7 Å². The first kappa shape index (κ1) is 11.9. The third-order valence-corrected chi connectivity index (χ3v) is 2.77. The summed E-state index contributed by atoms with van der Waals surface area (Å²) in [6, 6.07) is 12.2. The highest BCUT2D eigenvalue weighted by molar-refractivity contribution is 6.28. The molecule has 1 N–H and O–H groups in total. The van der Waals surface area contributed by atoms with Crippen LogP contribution in [0.2, 0.25) is 5.28 Å². The topological polar surface area (TPSA) is 37.8 Å². The average Bonchev–Trinajstić information content (AvgIpc) is 2.37.